The molecule has 4 nitrogen and oxygen atoms in total. The third-order valence-corrected chi connectivity index (χ3v) is 5.07. The molecular weight excluding hydrogens is 266 g/mol. The minimum absolute atomic E-state index is 0.247. The number of aliphatic carboxylic acids is 1. The zero-order valence-electron chi connectivity index (χ0n) is 12.2. The van der Waals surface area contributed by atoms with Crippen LogP contribution in [0.4, 0.5) is 0 Å². The van der Waals surface area contributed by atoms with Gasteiger partial charge in [-0.15, -0.1) is 0 Å². The molecule has 1 aliphatic carbocycles. The highest BCUT2D eigenvalue weighted by molar-refractivity contribution is 5.73. The van der Waals surface area contributed by atoms with Gasteiger partial charge in [-0.05, 0) is 49.3 Å². The van der Waals surface area contributed by atoms with Crippen molar-refractivity contribution in [2.45, 2.75) is 57.2 Å². The van der Waals surface area contributed by atoms with Gasteiger partial charge in [-0.2, -0.15) is 0 Å². The Morgan fingerprint density at radius 2 is 2.00 bits per heavy atom. The van der Waals surface area contributed by atoms with E-state index in [1.54, 1.807) is 12.1 Å². The lowest BCUT2D eigenvalue weighted by Crippen LogP contribution is -2.54. The van der Waals surface area contributed by atoms with Gasteiger partial charge in [0, 0.05) is 12.6 Å². The lowest BCUT2D eigenvalue weighted by Gasteiger charge is -2.47. The molecule has 2 aliphatic rings. The molecule has 1 saturated heterocycles. The highest BCUT2D eigenvalue weighted by Crippen LogP contribution is 2.38. The zero-order valence-corrected chi connectivity index (χ0v) is 12.2. The van der Waals surface area contributed by atoms with E-state index in [1.807, 2.05) is 12.1 Å². The normalized spacial score (nSPS) is 29.8. The largest absolute Gasteiger partial charge is 0.508 e. The van der Waals surface area contributed by atoms with Gasteiger partial charge in [0.2, 0.25) is 0 Å². The van der Waals surface area contributed by atoms with Crippen molar-refractivity contribution in [3.63, 3.8) is 0 Å². The van der Waals surface area contributed by atoms with E-state index < -0.39 is 5.97 Å². The molecule has 0 aromatic heterocycles. The van der Waals surface area contributed by atoms with Gasteiger partial charge in [0.25, 0.3) is 0 Å². The topological polar surface area (TPSA) is 60.8 Å². The first kappa shape index (κ1) is 14.4. The van der Waals surface area contributed by atoms with Crippen molar-refractivity contribution in [2.24, 2.45) is 5.92 Å². The highest BCUT2D eigenvalue weighted by Gasteiger charge is 2.41. The minimum Gasteiger partial charge on any atom is -0.508 e. The van der Waals surface area contributed by atoms with Gasteiger partial charge in [0.05, 0.1) is 0 Å². The Labute approximate surface area is 125 Å². The summed E-state index contributed by atoms with van der Waals surface area (Å²) in [5.41, 5.74) is 0.993. The SMILES string of the molecule is O=C(O)C1CCC2CCCCC2N1Cc1cccc(O)c1. The summed E-state index contributed by atoms with van der Waals surface area (Å²) in [4.78, 5) is 13.8. The van der Waals surface area contributed by atoms with E-state index in [4.69, 9.17) is 0 Å². The first-order valence-electron chi connectivity index (χ1n) is 7.91. The zero-order chi connectivity index (χ0) is 14.8. The molecule has 0 radical (unpaired) electrons. The second kappa shape index (κ2) is 6.06. The molecule has 2 fully saturated rings. The van der Waals surface area contributed by atoms with E-state index in [9.17, 15) is 15.0 Å². The van der Waals surface area contributed by atoms with E-state index in [2.05, 4.69) is 4.90 Å². The van der Waals surface area contributed by atoms with E-state index in [0.717, 1.165) is 24.8 Å². The van der Waals surface area contributed by atoms with Crippen molar-refractivity contribution in [1.29, 1.82) is 0 Å². The van der Waals surface area contributed by atoms with Crippen molar-refractivity contribution in [3.8, 4) is 5.75 Å². The Morgan fingerprint density at radius 3 is 2.76 bits per heavy atom. The standard InChI is InChI=1S/C17H23NO3/c19-14-6-3-4-12(10-14)11-18-15-7-2-1-5-13(15)8-9-16(18)17(20)21/h3-4,6,10,13,15-16,19H,1-2,5,7-9,11H2,(H,20,21). The number of hydrogen-bond donors (Lipinski definition) is 2. The Bertz CT molecular complexity index is 517. The van der Waals surface area contributed by atoms with Gasteiger partial charge in [-0.1, -0.05) is 25.0 Å². The second-order valence-corrected chi connectivity index (χ2v) is 6.39. The summed E-state index contributed by atoms with van der Waals surface area (Å²) in [6.45, 7) is 0.618. The number of rotatable bonds is 3. The van der Waals surface area contributed by atoms with Crippen LogP contribution >= 0.6 is 0 Å². The molecule has 0 amide bonds. The average Bonchev–Trinajstić information content (AvgIpc) is 2.47. The maximum atomic E-state index is 11.6. The number of hydrogen-bond acceptors (Lipinski definition) is 3. The van der Waals surface area contributed by atoms with Crippen LogP contribution in [0.5, 0.6) is 5.75 Å². The van der Waals surface area contributed by atoms with Gasteiger partial charge >= 0.3 is 5.97 Å². The summed E-state index contributed by atoms with van der Waals surface area (Å²) in [7, 11) is 0. The van der Waals surface area contributed by atoms with Gasteiger partial charge in [0.15, 0.2) is 0 Å². The van der Waals surface area contributed by atoms with Gasteiger partial charge < -0.3 is 10.2 Å². The fourth-order valence-corrected chi connectivity index (χ4v) is 4.09. The van der Waals surface area contributed by atoms with Crippen molar-refractivity contribution in [3.05, 3.63) is 29.8 Å². The molecule has 3 unspecified atom stereocenters. The van der Waals surface area contributed by atoms with E-state index >= 15 is 0 Å². The quantitative estimate of drug-likeness (QED) is 0.898. The van der Waals surface area contributed by atoms with Gasteiger partial charge in [-0.25, -0.2) is 0 Å². The molecule has 114 valence electrons. The summed E-state index contributed by atoms with van der Waals surface area (Å²) < 4.78 is 0. The van der Waals surface area contributed by atoms with Crippen LogP contribution < -0.4 is 0 Å². The maximum Gasteiger partial charge on any atom is 0.320 e. The van der Waals surface area contributed by atoms with E-state index in [-0.39, 0.29) is 11.8 Å². The van der Waals surface area contributed by atoms with Gasteiger partial charge in [0.1, 0.15) is 11.8 Å². The molecule has 1 aliphatic heterocycles. The molecule has 2 N–H and O–H groups in total. The van der Waals surface area contributed by atoms with Crippen molar-refractivity contribution in [2.75, 3.05) is 0 Å². The maximum absolute atomic E-state index is 11.6. The van der Waals surface area contributed by atoms with Crippen LogP contribution in [0.25, 0.3) is 0 Å². The molecular formula is C17H23NO3. The number of likely N-dealkylation sites (tertiary alicyclic amines) is 1. The molecule has 1 heterocycles. The first-order valence-corrected chi connectivity index (χ1v) is 7.91. The van der Waals surface area contributed by atoms with Crippen LogP contribution in [0.2, 0.25) is 0 Å². The number of carbonyl (C=O) groups is 1. The monoisotopic (exact) mass is 289 g/mol. The number of fused-ring (bicyclic) bond motifs is 1. The van der Waals surface area contributed by atoms with E-state index in [1.165, 1.54) is 19.3 Å². The predicted octanol–water partition coefficient (Wildman–Crippen LogP) is 3.00. The molecule has 0 bridgehead atoms. The second-order valence-electron chi connectivity index (χ2n) is 6.39. The Morgan fingerprint density at radius 1 is 1.19 bits per heavy atom. The summed E-state index contributed by atoms with van der Waals surface area (Å²) in [6.07, 6.45) is 6.59. The number of carboxylic acid groups (broad SMARTS) is 1. The van der Waals surface area contributed by atoms with Crippen LogP contribution in [-0.4, -0.2) is 33.2 Å². The lowest BCUT2D eigenvalue weighted by molar-refractivity contribution is -0.148. The number of nitrogens with zero attached hydrogens (tertiary/aromatic N) is 1. The first-order chi connectivity index (χ1) is 10.1. The van der Waals surface area contributed by atoms with Crippen LogP contribution in [-0.2, 0) is 11.3 Å². The Kier molecular flexibility index (Phi) is 4.15. The van der Waals surface area contributed by atoms with Crippen LogP contribution in [0.15, 0.2) is 24.3 Å². The Hall–Kier alpha value is -1.55. The smallest absolute Gasteiger partial charge is 0.320 e. The summed E-state index contributed by atoms with van der Waals surface area (Å²) in [5, 5.41) is 19.2. The summed E-state index contributed by atoms with van der Waals surface area (Å²) in [5.74, 6) is 0.183. The van der Waals surface area contributed by atoms with Crippen LogP contribution in [0.1, 0.15) is 44.1 Å². The number of aromatic hydroxyl groups is 1. The molecule has 0 spiro atoms. The fraction of sp³-hybridized carbons (Fsp3) is 0.588. The molecule has 3 rings (SSSR count). The number of phenolic OH excluding ortho intramolecular Hbond substituents is 1. The summed E-state index contributed by atoms with van der Waals surface area (Å²) >= 11 is 0. The number of benzene rings is 1. The van der Waals surface area contributed by atoms with Crippen molar-refractivity contribution in [1.82, 2.24) is 4.90 Å². The third kappa shape index (κ3) is 3.05. The Balaban J connectivity index is 1.83. The predicted molar refractivity (Wildman–Crippen MR) is 80.1 cm³/mol. The van der Waals surface area contributed by atoms with E-state index in [0.29, 0.717) is 18.5 Å². The molecule has 21 heavy (non-hydrogen) atoms. The fourth-order valence-electron chi connectivity index (χ4n) is 4.09. The molecule has 1 aromatic carbocycles. The number of carboxylic acids is 1. The van der Waals surface area contributed by atoms with Crippen LogP contribution in [0, 0.1) is 5.92 Å². The molecule has 3 atom stereocenters. The minimum atomic E-state index is -0.709. The molecule has 1 aromatic rings. The molecule has 1 saturated carbocycles. The van der Waals surface area contributed by atoms with Crippen molar-refractivity contribution < 1.29 is 15.0 Å². The number of piperidine rings is 1. The number of phenols is 1. The van der Waals surface area contributed by atoms with Gasteiger partial charge in [-0.3, -0.25) is 9.69 Å². The average molecular weight is 289 g/mol. The van der Waals surface area contributed by atoms with Crippen molar-refractivity contribution >= 4 is 5.97 Å². The third-order valence-electron chi connectivity index (χ3n) is 5.07. The lowest BCUT2D eigenvalue weighted by atomic mass is 9.76. The molecule has 4 heteroatoms. The highest BCUT2D eigenvalue weighted by atomic mass is 16.4. The summed E-state index contributed by atoms with van der Waals surface area (Å²) in [6, 6.07) is 7.18. The van der Waals surface area contributed by atoms with Crippen LogP contribution in [0.3, 0.4) is 0 Å².